The fourth-order valence-electron chi connectivity index (χ4n) is 1.48. The van der Waals surface area contributed by atoms with Gasteiger partial charge in [0, 0.05) is 13.6 Å². The van der Waals surface area contributed by atoms with Gasteiger partial charge in [-0.05, 0) is 33.0 Å². The van der Waals surface area contributed by atoms with Gasteiger partial charge in [-0.2, -0.15) is 0 Å². The number of carboxylic acids is 1. The first-order valence-corrected chi connectivity index (χ1v) is 6.14. The lowest BCUT2D eigenvalue weighted by atomic mass is 10.1. The number of carbonyl (C=O) groups is 2. The Bertz CT molecular complexity index is 280. The van der Waals surface area contributed by atoms with E-state index >= 15 is 0 Å². The fraction of sp³-hybridized carbons (Fsp3) is 0.833. The Labute approximate surface area is 109 Å². The van der Waals surface area contributed by atoms with E-state index in [0.29, 0.717) is 6.54 Å². The highest BCUT2D eigenvalue weighted by Crippen LogP contribution is 2.02. The van der Waals surface area contributed by atoms with Crippen molar-refractivity contribution in [2.24, 2.45) is 5.92 Å². The molecule has 1 unspecified atom stereocenters. The second-order valence-electron chi connectivity index (χ2n) is 5.09. The van der Waals surface area contributed by atoms with Crippen LogP contribution >= 0.6 is 0 Å². The van der Waals surface area contributed by atoms with Crippen LogP contribution in [-0.2, 0) is 4.79 Å². The Hall–Kier alpha value is -1.30. The van der Waals surface area contributed by atoms with E-state index in [-0.39, 0.29) is 11.9 Å². The van der Waals surface area contributed by atoms with Gasteiger partial charge in [-0.3, -0.25) is 0 Å². The topological polar surface area (TPSA) is 72.9 Å². The first-order chi connectivity index (χ1) is 8.25. The van der Waals surface area contributed by atoms with Crippen LogP contribution in [0.4, 0.5) is 4.79 Å². The standard InChI is InChI=1S/C12H25N3O3/c1-9(2)10(11(16)17)13-12(18)15(5)8-6-7-14(3)4/h9-10H,6-8H2,1-5H3,(H,13,18)(H,16,17). The van der Waals surface area contributed by atoms with Crippen LogP contribution in [0.1, 0.15) is 20.3 Å². The largest absolute Gasteiger partial charge is 0.480 e. The Balaban J connectivity index is 4.17. The molecule has 1 atom stereocenters. The lowest BCUT2D eigenvalue weighted by Gasteiger charge is -2.23. The van der Waals surface area contributed by atoms with E-state index in [1.54, 1.807) is 20.9 Å². The molecule has 0 aromatic heterocycles. The van der Waals surface area contributed by atoms with Gasteiger partial charge in [0.15, 0.2) is 0 Å². The molecule has 0 aliphatic heterocycles. The minimum absolute atomic E-state index is 0.137. The zero-order chi connectivity index (χ0) is 14.3. The Morgan fingerprint density at radius 1 is 1.17 bits per heavy atom. The van der Waals surface area contributed by atoms with Crippen molar-refractivity contribution in [2.75, 3.05) is 34.2 Å². The fourth-order valence-corrected chi connectivity index (χ4v) is 1.48. The Kier molecular flexibility index (Phi) is 7.35. The highest BCUT2D eigenvalue weighted by Gasteiger charge is 2.24. The molecule has 0 fully saturated rings. The third kappa shape index (κ3) is 6.44. The van der Waals surface area contributed by atoms with Gasteiger partial charge in [0.2, 0.25) is 0 Å². The summed E-state index contributed by atoms with van der Waals surface area (Å²) in [7, 11) is 5.61. The maximum Gasteiger partial charge on any atom is 0.326 e. The lowest BCUT2D eigenvalue weighted by Crippen LogP contribution is -2.49. The van der Waals surface area contributed by atoms with E-state index in [1.165, 1.54) is 4.90 Å². The summed E-state index contributed by atoms with van der Waals surface area (Å²) < 4.78 is 0. The summed E-state index contributed by atoms with van der Waals surface area (Å²) in [6, 6.07) is -1.18. The number of aliphatic carboxylic acids is 1. The van der Waals surface area contributed by atoms with Crippen LogP contribution in [0, 0.1) is 5.92 Å². The van der Waals surface area contributed by atoms with Crippen molar-refractivity contribution in [2.45, 2.75) is 26.3 Å². The highest BCUT2D eigenvalue weighted by atomic mass is 16.4. The molecule has 2 amide bonds. The van der Waals surface area contributed by atoms with E-state index in [2.05, 4.69) is 5.32 Å². The summed E-state index contributed by atoms with van der Waals surface area (Å²) in [5.41, 5.74) is 0. The number of urea groups is 1. The average molecular weight is 259 g/mol. The smallest absolute Gasteiger partial charge is 0.326 e. The zero-order valence-electron chi connectivity index (χ0n) is 11.9. The van der Waals surface area contributed by atoms with Crippen LogP contribution in [0.2, 0.25) is 0 Å². The molecule has 0 aliphatic carbocycles. The predicted molar refractivity (Wildman–Crippen MR) is 70.6 cm³/mol. The summed E-state index contributed by atoms with van der Waals surface area (Å²) in [5, 5.41) is 11.5. The minimum atomic E-state index is -1.000. The number of nitrogens with one attached hydrogen (secondary N) is 1. The van der Waals surface area contributed by atoms with Gasteiger partial charge >= 0.3 is 12.0 Å². The van der Waals surface area contributed by atoms with Crippen molar-refractivity contribution in [1.29, 1.82) is 0 Å². The van der Waals surface area contributed by atoms with Crippen molar-refractivity contribution < 1.29 is 14.7 Å². The highest BCUT2D eigenvalue weighted by molar-refractivity contribution is 5.82. The maximum atomic E-state index is 11.8. The van der Waals surface area contributed by atoms with Gasteiger partial charge in [0.1, 0.15) is 6.04 Å². The number of nitrogens with zero attached hydrogens (tertiary/aromatic N) is 2. The van der Waals surface area contributed by atoms with Crippen LogP contribution in [-0.4, -0.2) is 67.2 Å². The molecule has 0 saturated heterocycles. The molecule has 6 heteroatoms. The van der Waals surface area contributed by atoms with E-state index in [1.807, 2.05) is 19.0 Å². The summed E-state index contributed by atoms with van der Waals surface area (Å²) in [6.45, 7) is 5.04. The molecule has 0 rings (SSSR count). The summed E-state index contributed by atoms with van der Waals surface area (Å²) in [6.07, 6.45) is 0.857. The second-order valence-corrected chi connectivity index (χ2v) is 5.09. The molecule has 0 saturated carbocycles. The molecule has 0 bridgehead atoms. The van der Waals surface area contributed by atoms with Gasteiger partial charge in [0.05, 0.1) is 0 Å². The average Bonchev–Trinajstić information content (AvgIpc) is 2.23. The van der Waals surface area contributed by atoms with E-state index < -0.39 is 12.0 Å². The third-order valence-electron chi connectivity index (χ3n) is 2.66. The molecule has 0 radical (unpaired) electrons. The molecule has 18 heavy (non-hydrogen) atoms. The third-order valence-corrected chi connectivity index (χ3v) is 2.66. The van der Waals surface area contributed by atoms with E-state index in [4.69, 9.17) is 5.11 Å². The molecule has 0 aliphatic rings. The molecule has 0 aromatic rings. The summed E-state index contributed by atoms with van der Waals surface area (Å²) in [5.74, 6) is -1.14. The van der Waals surface area contributed by atoms with Gasteiger partial charge in [0.25, 0.3) is 0 Å². The number of rotatable bonds is 7. The van der Waals surface area contributed by atoms with Crippen molar-refractivity contribution >= 4 is 12.0 Å². The van der Waals surface area contributed by atoms with E-state index in [0.717, 1.165) is 13.0 Å². The predicted octanol–water partition coefficient (Wildman–Crippen LogP) is 0.689. The first-order valence-electron chi connectivity index (χ1n) is 6.14. The summed E-state index contributed by atoms with van der Waals surface area (Å²) >= 11 is 0. The van der Waals surface area contributed by atoms with Gasteiger partial charge in [-0.25, -0.2) is 9.59 Å². The quantitative estimate of drug-likeness (QED) is 0.705. The van der Waals surface area contributed by atoms with Gasteiger partial charge in [-0.1, -0.05) is 13.8 Å². The number of hydrogen-bond acceptors (Lipinski definition) is 3. The SMILES string of the molecule is CC(C)C(NC(=O)N(C)CCCN(C)C)C(=O)O. The lowest BCUT2D eigenvalue weighted by molar-refractivity contribution is -0.140. The maximum absolute atomic E-state index is 11.8. The van der Waals surface area contributed by atoms with Crippen LogP contribution in [0.3, 0.4) is 0 Å². The number of hydrogen-bond donors (Lipinski definition) is 2. The van der Waals surface area contributed by atoms with Crippen molar-refractivity contribution in [3.8, 4) is 0 Å². The van der Waals surface area contributed by atoms with Gasteiger partial charge in [-0.15, -0.1) is 0 Å². The normalized spacial score (nSPS) is 12.6. The Morgan fingerprint density at radius 2 is 1.72 bits per heavy atom. The number of carbonyl (C=O) groups excluding carboxylic acids is 1. The minimum Gasteiger partial charge on any atom is -0.480 e. The summed E-state index contributed by atoms with van der Waals surface area (Å²) in [4.78, 5) is 26.3. The van der Waals surface area contributed by atoms with Crippen LogP contribution < -0.4 is 5.32 Å². The number of carboxylic acid groups (broad SMARTS) is 1. The van der Waals surface area contributed by atoms with Crippen molar-refractivity contribution in [1.82, 2.24) is 15.1 Å². The molecule has 106 valence electrons. The number of amides is 2. The van der Waals surface area contributed by atoms with Gasteiger partial charge < -0.3 is 20.2 Å². The first kappa shape index (κ1) is 16.7. The molecule has 2 N–H and O–H groups in total. The van der Waals surface area contributed by atoms with Crippen LogP contribution in [0.25, 0.3) is 0 Å². The second kappa shape index (κ2) is 7.92. The zero-order valence-corrected chi connectivity index (χ0v) is 11.9. The van der Waals surface area contributed by atoms with Crippen molar-refractivity contribution in [3.05, 3.63) is 0 Å². The van der Waals surface area contributed by atoms with Crippen LogP contribution in [0.15, 0.2) is 0 Å². The molecule has 6 nitrogen and oxygen atoms in total. The molecule has 0 heterocycles. The van der Waals surface area contributed by atoms with E-state index in [9.17, 15) is 9.59 Å². The van der Waals surface area contributed by atoms with Crippen molar-refractivity contribution in [3.63, 3.8) is 0 Å². The molecular formula is C12H25N3O3. The Morgan fingerprint density at radius 3 is 2.11 bits per heavy atom. The van der Waals surface area contributed by atoms with Crippen LogP contribution in [0.5, 0.6) is 0 Å². The monoisotopic (exact) mass is 259 g/mol. The molecular weight excluding hydrogens is 234 g/mol. The molecule has 0 spiro atoms. The molecule has 0 aromatic carbocycles.